The van der Waals surface area contributed by atoms with Crippen LogP contribution in [-0.4, -0.2) is 34.9 Å². The second-order valence-electron chi connectivity index (χ2n) is 7.04. The van der Waals surface area contributed by atoms with Crippen molar-refractivity contribution in [2.24, 2.45) is 0 Å². The van der Waals surface area contributed by atoms with Crippen LogP contribution >= 0.6 is 24.2 Å². The van der Waals surface area contributed by atoms with Gasteiger partial charge in [0, 0.05) is 23.1 Å². The minimum absolute atomic E-state index is 0. The summed E-state index contributed by atoms with van der Waals surface area (Å²) in [7, 11) is -3.32. The SMILES string of the molecule is Cl.O=S(=O)(CCCCSc1nc(-c2ccccc2)c(-c2ccccc2)[nH]1)c1ccccn1. The number of halogens is 1. The topological polar surface area (TPSA) is 75.7 Å². The van der Waals surface area contributed by atoms with Crippen molar-refractivity contribution in [2.45, 2.75) is 23.0 Å². The summed E-state index contributed by atoms with van der Waals surface area (Å²) in [4.78, 5) is 12.2. The Kier molecular flexibility index (Phi) is 8.50. The smallest absolute Gasteiger partial charge is 0.195 e. The number of sulfone groups is 1. The molecule has 0 bridgehead atoms. The number of hydrogen-bond acceptors (Lipinski definition) is 5. The number of nitrogens with zero attached hydrogens (tertiary/aromatic N) is 2. The first kappa shape index (κ1) is 24.0. The predicted octanol–water partition coefficient (Wildman–Crippen LogP) is 5.91. The maximum Gasteiger partial charge on any atom is 0.195 e. The maximum atomic E-state index is 12.3. The third-order valence-corrected chi connectivity index (χ3v) is 7.46. The monoisotopic (exact) mass is 485 g/mol. The lowest BCUT2D eigenvalue weighted by Crippen LogP contribution is -2.08. The molecule has 2 aromatic heterocycles. The van der Waals surface area contributed by atoms with Gasteiger partial charge in [-0.2, -0.15) is 0 Å². The van der Waals surface area contributed by atoms with E-state index in [1.807, 2.05) is 36.4 Å². The minimum Gasteiger partial charge on any atom is -0.332 e. The third-order valence-electron chi connectivity index (χ3n) is 4.79. The van der Waals surface area contributed by atoms with Crippen LogP contribution in [0.25, 0.3) is 22.5 Å². The Bertz CT molecular complexity index is 1160. The summed E-state index contributed by atoms with van der Waals surface area (Å²) in [6.45, 7) is 0. The molecule has 0 radical (unpaired) electrons. The molecule has 0 unspecified atom stereocenters. The van der Waals surface area contributed by atoms with Crippen LogP contribution in [0.15, 0.2) is 95.2 Å². The number of hydrogen-bond donors (Lipinski definition) is 1. The van der Waals surface area contributed by atoms with Crippen molar-refractivity contribution < 1.29 is 8.42 Å². The second kappa shape index (κ2) is 11.3. The summed E-state index contributed by atoms with van der Waals surface area (Å²) < 4.78 is 24.7. The van der Waals surface area contributed by atoms with Crippen molar-refractivity contribution in [2.75, 3.05) is 11.5 Å². The fourth-order valence-corrected chi connectivity index (χ4v) is 5.41. The Hall–Kier alpha value is -2.61. The van der Waals surface area contributed by atoms with Gasteiger partial charge in [-0.05, 0) is 25.0 Å². The van der Waals surface area contributed by atoms with Gasteiger partial charge in [0.15, 0.2) is 20.0 Å². The molecule has 1 N–H and O–H groups in total. The van der Waals surface area contributed by atoms with Gasteiger partial charge in [0.2, 0.25) is 0 Å². The largest absolute Gasteiger partial charge is 0.332 e. The molecule has 0 fully saturated rings. The highest BCUT2D eigenvalue weighted by Crippen LogP contribution is 2.32. The van der Waals surface area contributed by atoms with E-state index in [1.54, 1.807) is 30.0 Å². The van der Waals surface area contributed by atoms with E-state index in [1.165, 1.54) is 6.20 Å². The molecular weight excluding hydrogens is 462 g/mol. The van der Waals surface area contributed by atoms with E-state index in [0.717, 1.165) is 39.8 Å². The molecule has 4 aromatic rings. The van der Waals surface area contributed by atoms with Gasteiger partial charge in [0.05, 0.1) is 17.1 Å². The zero-order chi connectivity index (χ0) is 21.5. The summed E-state index contributed by atoms with van der Waals surface area (Å²) in [6, 6.07) is 25.2. The zero-order valence-electron chi connectivity index (χ0n) is 17.3. The first-order valence-corrected chi connectivity index (χ1v) is 12.7. The average Bonchev–Trinajstić information content (AvgIpc) is 3.25. The predicted molar refractivity (Wildman–Crippen MR) is 133 cm³/mol. The number of rotatable bonds is 9. The molecule has 32 heavy (non-hydrogen) atoms. The highest BCUT2D eigenvalue weighted by atomic mass is 35.5. The van der Waals surface area contributed by atoms with Crippen LogP contribution in [0.1, 0.15) is 12.8 Å². The Morgan fingerprint density at radius 3 is 2.12 bits per heavy atom. The Balaban J connectivity index is 0.00000289. The maximum absolute atomic E-state index is 12.3. The fourth-order valence-electron chi connectivity index (χ4n) is 3.24. The summed E-state index contributed by atoms with van der Waals surface area (Å²) in [5, 5.41) is 0.985. The lowest BCUT2D eigenvalue weighted by atomic mass is 10.1. The van der Waals surface area contributed by atoms with Crippen molar-refractivity contribution >= 4 is 34.0 Å². The van der Waals surface area contributed by atoms with Crippen LogP contribution in [0.2, 0.25) is 0 Å². The number of aromatic nitrogens is 3. The number of aromatic amines is 1. The molecule has 0 spiro atoms. The molecule has 0 atom stereocenters. The molecule has 166 valence electrons. The van der Waals surface area contributed by atoms with Crippen molar-refractivity contribution in [3.63, 3.8) is 0 Å². The van der Waals surface area contributed by atoms with E-state index in [0.29, 0.717) is 6.42 Å². The van der Waals surface area contributed by atoms with Crippen LogP contribution in [0.4, 0.5) is 0 Å². The lowest BCUT2D eigenvalue weighted by molar-refractivity contribution is 0.589. The normalized spacial score (nSPS) is 11.1. The number of unbranched alkanes of at least 4 members (excludes halogenated alkanes) is 1. The van der Waals surface area contributed by atoms with Crippen LogP contribution < -0.4 is 0 Å². The van der Waals surface area contributed by atoms with Gasteiger partial charge in [0.25, 0.3) is 0 Å². The molecule has 0 amide bonds. The Labute approximate surface area is 199 Å². The summed E-state index contributed by atoms with van der Waals surface area (Å²) in [5.41, 5.74) is 4.06. The van der Waals surface area contributed by atoms with Crippen molar-refractivity contribution in [1.82, 2.24) is 15.0 Å². The van der Waals surface area contributed by atoms with Crippen molar-refractivity contribution in [3.05, 3.63) is 85.1 Å². The van der Waals surface area contributed by atoms with Gasteiger partial charge in [-0.15, -0.1) is 12.4 Å². The molecule has 2 heterocycles. The molecular formula is C24H24ClN3O2S2. The number of thioether (sulfide) groups is 1. The van der Waals surface area contributed by atoms with Crippen LogP contribution in [0.5, 0.6) is 0 Å². The molecule has 8 heteroatoms. The van der Waals surface area contributed by atoms with E-state index in [-0.39, 0.29) is 23.2 Å². The summed E-state index contributed by atoms with van der Waals surface area (Å²) in [6.07, 6.45) is 2.87. The molecule has 4 rings (SSSR count). The van der Waals surface area contributed by atoms with Gasteiger partial charge in [-0.1, -0.05) is 78.5 Å². The number of imidazole rings is 1. The fraction of sp³-hybridized carbons (Fsp3) is 0.167. The molecule has 0 saturated carbocycles. The van der Waals surface area contributed by atoms with Gasteiger partial charge in [0.1, 0.15) is 0 Å². The molecule has 0 saturated heterocycles. The third kappa shape index (κ3) is 6.00. The average molecular weight is 486 g/mol. The Morgan fingerprint density at radius 1 is 0.812 bits per heavy atom. The number of benzene rings is 2. The highest BCUT2D eigenvalue weighted by molar-refractivity contribution is 7.99. The van der Waals surface area contributed by atoms with E-state index < -0.39 is 9.84 Å². The molecule has 0 aliphatic carbocycles. The highest BCUT2D eigenvalue weighted by Gasteiger charge is 2.16. The summed E-state index contributed by atoms with van der Waals surface area (Å²) in [5.74, 6) is 0.890. The molecule has 5 nitrogen and oxygen atoms in total. The standard InChI is InChI=1S/C24H23N3O2S2.ClH/c28-31(29,21-15-7-8-16-25-21)18-10-9-17-30-24-26-22(19-11-3-1-4-12-19)23(27-24)20-13-5-2-6-14-20;/h1-8,11-16H,9-10,17-18H2,(H,26,27);1H. The molecule has 2 aromatic carbocycles. The number of nitrogens with one attached hydrogen (secondary N) is 1. The zero-order valence-corrected chi connectivity index (χ0v) is 19.8. The molecule has 0 aliphatic rings. The first-order valence-electron chi connectivity index (χ1n) is 10.1. The molecule has 0 aliphatic heterocycles. The van der Waals surface area contributed by atoms with Crippen molar-refractivity contribution in [3.8, 4) is 22.5 Å². The van der Waals surface area contributed by atoms with Gasteiger partial charge < -0.3 is 4.98 Å². The van der Waals surface area contributed by atoms with Gasteiger partial charge in [-0.3, -0.25) is 0 Å². The van der Waals surface area contributed by atoms with Crippen molar-refractivity contribution in [1.29, 1.82) is 0 Å². The summed E-state index contributed by atoms with van der Waals surface area (Å²) >= 11 is 1.61. The van der Waals surface area contributed by atoms with Crippen LogP contribution in [0.3, 0.4) is 0 Å². The minimum atomic E-state index is -3.32. The van der Waals surface area contributed by atoms with E-state index in [9.17, 15) is 8.42 Å². The van der Waals surface area contributed by atoms with E-state index in [4.69, 9.17) is 4.98 Å². The van der Waals surface area contributed by atoms with E-state index >= 15 is 0 Å². The lowest BCUT2D eigenvalue weighted by Gasteiger charge is -2.03. The number of H-pyrrole nitrogens is 1. The quantitative estimate of drug-likeness (QED) is 0.235. The van der Waals surface area contributed by atoms with Gasteiger partial charge in [-0.25, -0.2) is 18.4 Å². The Morgan fingerprint density at radius 2 is 1.47 bits per heavy atom. The number of pyridine rings is 1. The second-order valence-corrected chi connectivity index (χ2v) is 10.2. The van der Waals surface area contributed by atoms with Gasteiger partial charge >= 0.3 is 0 Å². The van der Waals surface area contributed by atoms with Crippen LogP contribution in [0, 0.1) is 0 Å². The van der Waals surface area contributed by atoms with E-state index in [2.05, 4.69) is 34.2 Å². The van der Waals surface area contributed by atoms with Crippen LogP contribution in [-0.2, 0) is 9.84 Å². The first-order chi connectivity index (χ1) is 15.1.